The van der Waals surface area contributed by atoms with Gasteiger partial charge in [-0.15, -0.1) is 0 Å². The fraction of sp³-hybridized carbons (Fsp3) is 0.905. The fourth-order valence-electron chi connectivity index (χ4n) is 3.76. The van der Waals surface area contributed by atoms with Crippen LogP contribution in [0.5, 0.6) is 0 Å². The molecule has 0 aromatic heterocycles. The predicted octanol–water partition coefficient (Wildman–Crippen LogP) is 3.00. The Kier molecular flexibility index (Phi) is 11.4. The minimum atomic E-state index is -0.0929. The minimum absolute atomic E-state index is 0.0929. The van der Waals surface area contributed by atoms with Crippen LogP contribution in [0, 0.1) is 0 Å². The lowest BCUT2D eigenvalue weighted by Crippen LogP contribution is -2.32. The molecule has 2 saturated heterocycles. The van der Waals surface area contributed by atoms with Gasteiger partial charge in [0.25, 0.3) is 0 Å². The molecule has 27 heavy (non-hydrogen) atoms. The van der Waals surface area contributed by atoms with Crippen molar-refractivity contribution < 1.29 is 19.1 Å². The summed E-state index contributed by atoms with van der Waals surface area (Å²) in [5, 5.41) is 0. The van der Waals surface area contributed by atoms with E-state index in [4.69, 9.17) is 9.47 Å². The summed E-state index contributed by atoms with van der Waals surface area (Å²) in [7, 11) is 0. The van der Waals surface area contributed by atoms with Crippen molar-refractivity contribution in [1.29, 1.82) is 0 Å². The van der Waals surface area contributed by atoms with E-state index in [0.29, 0.717) is 26.1 Å². The van der Waals surface area contributed by atoms with Gasteiger partial charge in [-0.3, -0.25) is 9.59 Å². The third kappa shape index (κ3) is 10.7. The number of piperidine rings is 2. The number of carbonyl (C=O) groups excluding carboxylic acids is 2. The molecule has 6 heteroatoms. The quantitative estimate of drug-likeness (QED) is 0.382. The van der Waals surface area contributed by atoms with Gasteiger partial charge in [0.15, 0.2) is 0 Å². The van der Waals surface area contributed by atoms with Crippen LogP contribution in [0.25, 0.3) is 0 Å². The molecular formula is C21H38N2O4. The Labute approximate surface area is 164 Å². The zero-order valence-corrected chi connectivity index (χ0v) is 17.0. The Morgan fingerprint density at radius 2 is 1.00 bits per heavy atom. The van der Waals surface area contributed by atoms with Gasteiger partial charge in [0.2, 0.25) is 0 Å². The first-order chi connectivity index (χ1) is 13.2. The minimum Gasteiger partial charge on any atom is -0.466 e. The molecule has 0 aromatic rings. The van der Waals surface area contributed by atoms with Crippen molar-refractivity contribution in [3.05, 3.63) is 0 Å². The van der Waals surface area contributed by atoms with Gasteiger partial charge in [-0.1, -0.05) is 12.8 Å². The highest BCUT2D eigenvalue weighted by atomic mass is 16.5. The van der Waals surface area contributed by atoms with Crippen LogP contribution in [0.3, 0.4) is 0 Å². The maximum atomic E-state index is 11.7. The third-order valence-corrected chi connectivity index (χ3v) is 5.48. The average Bonchev–Trinajstić information content (AvgIpc) is 2.71. The number of hydrogen-bond donors (Lipinski definition) is 0. The molecule has 2 aliphatic heterocycles. The van der Waals surface area contributed by atoms with E-state index in [9.17, 15) is 9.59 Å². The van der Waals surface area contributed by atoms with E-state index in [0.717, 1.165) is 58.5 Å². The van der Waals surface area contributed by atoms with Gasteiger partial charge in [0, 0.05) is 13.1 Å². The Balaban J connectivity index is 1.35. The molecule has 156 valence electrons. The highest BCUT2D eigenvalue weighted by molar-refractivity contribution is 5.69. The largest absolute Gasteiger partial charge is 0.466 e. The molecule has 0 N–H and O–H groups in total. The molecule has 2 rings (SSSR count). The molecule has 2 heterocycles. The fourth-order valence-corrected chi connectivity index (χ4v) is 3.76. The van der Waals surface area contributed by atoms with E-state index in [2.05, 4.69) is 9.80 Å². The first-order valence-corrected chi connectivity index (χ1v) is 11.0. The standard InChI is InChI=1S/C21H38N2O4/c24-20(10-16-22-12-4-1-5-13-22)26-18-8-3-9-19-27-21(25)11-17-23-14-6-2-7-15-23/h1-19H2. The van der Waals surface area contributed by atoms with Gasteiger partial charge < -0.3 is 19.3 Å². The Hall–Kier alpha value is -1.14. The van der Waals surface area contributed by atoms with Crippen LogP contribution >= 0.6 is 0 Å². The van der Waals surface area contributed by atoms with Gasteiger partial charge in [0.1, 0.15) is 0 Å². The molecule has 2 fully saturated rings. The predicted molar refractivity (Wildman–Crippen MR) is 106 cm³/mol. The van der Waals surface area contributed by atoms with E-state index < -0.39 is 0 Å². The molecule has 0 aliphatic carbocycles. The summed E-state index contributed by atoms with van der Waals surface area (Å²) in [5.74, 6) is -0.186. The third-order valence-electron chi connectivity index (χ3n) is 5.48. The first kappa shape index (κ1) is 22.2. The molecule has 0 atom stereocenters. The zero-order chi connectivity index (χ0) is 19.2. The Morgan fingerprint density at radius 3 is 1.41 bits per heavy atom. The van der Waals surface area contributed by atoms with Crippen molar-refractivity contribution in [1.82, 2.24) is 9.80 Å². The number of hydrogen-bond acceptors (Lipinski definition) is 6. The first-order valence-electron chi connectivity index (χ1n) is 11.0. The van der Waals surface area contributed by atoms with Gasteiger partial charge in [-0.05, 0) is 71.1 Å². The lowest BCUT2D eigenvalue weighted by atomic mass is 10.1. The second-order valence-electron chi connectivity index (χ2n) is 7.81. The molecule has 0 bridgehead atoms. The number of esters is 2. The zero-order valence-electron chi connectivity index (χ0n) is 17.0. The van der Waals surface area contributed by atoms with Gasteiger partial charge >= 0.3 is 11.9 Å². The molecule has 2 aliphatic rings. The van der Waals surface area contributed by atoms with Crippen molar-refractivity contribution in [2.75, 3.05) is 52.5 Å². The van der Waals surface area contributed by atoms with Gasteiger partial charge in [-0.2, -0.15) is 0 Å². The molecular weight excluding hydrogens is 344 g/mol. The summed E-state index contributed by atoms with van der Waals surface area (Å²) in [6, 6.07) is 0. The van der Waals surface area contributed by atoms with Gasteiger partial charge in [0.05, 0.1) is 26.1 Å². The van der Waals surface area contributed by atoms with Gasteiger partial charge in [-0.25, -0.2) is 0 Å². The summed E-state index contributed by atoms with van der Waals surface area (Å²) in [6.45, 7) is 7.06. The lowest BCUT2D eigenvalue weighted by Gasteiger charge is -2.25. The molecule has 0 saturated carbocycles. The van der Waals surface area contributed by atoms with E-state index in [1.165, 1.54) is 38.5 Å². The topological polar surface area (TPSA) is 59.1 Å². The number of ether oxygens (including phenoxy) is 2. The number of unbranched alkanes of at least 4 members (excludes halogenated alkanes) is 2. The van der Waals surface area contributed by atoms with Crippen LogP contribution < -0.4 is 0 Å². The number of rotatable bonds is 12. The van der Waals surface area contributed by atoms with Crippen LogP contribution in [0.4, 0.5) is 0 Å². The van der Waals surface area contributed by atoms with Crippen molar-refractivity contribution in [2.24, 2.45) is 0 Å². The highest BCUT2D eigenvalue weighted by Gasteiger charge is 2.13. The second-order valence-corrected chi connectivity index (χ2v) is 7.81. The molecule has 0 radical (unpaired) electrons. The number of carbonyl (C=O) groups is 2. The van der Waals surface area contributed by atoms with E-state index in [1.807, 2.05) is 0 Å². The summed E-state index contributed by atoms with van der Waals surface area (Å²) in [6.07, 6.45) is 11.2. The van der Waals surface area contributed by atoms with Crippen molar-refractivity contribution >= 4 is 11.9 Å². The van der Waals surface area contributed by atoms with Crippen LogP contribution in [0.2, 0.25) is 0 Å². The normalized spacial score (nSPS) is 19.0. The van der Waals surface area contributed by atoms with Crippen molar-refractivity contribution in [3.8, 4) is 0 Å². The number of nitrogens with zero attached hydrogens (tertiary/aromatic N) is 2. The van der Waals surface area contributed by atoms with Crippen LogP contribution in [-0.2, 0) is 19.1 Å². The van der Waals surface area contributed by atoms with E-state index in [1.54, 1.807) is 0 Å². The average molecular weight is 383 g/mol. The molecule has 0 unspecified atom stereocenters. The molecule has 6 nitrogen and oxygen atoms in total. The van der Waals surface area contributed by atoms with E-state index in [-0.39, 0.29) is 11.9 Å². The van der Waals surface area contributed by atoms with Crippen molar-refractivity contribution in [3.63, 3.8) is 0 Å². The number of likely N-dealkylation sites (tertiary alicyclic amines) is 2. The molecule has 0 spiro atoms. The maximum Gasteiger partial charge on any atom is 0.307 e. The molecule has 0 aromatic carbocycles. The second kappa shape index (κ2) is 13.9. The van der Waals surface area contributed by atoms with Crippen LogP contribution in [0.1, 0.15) is 70.6 Å². The highest BCUT2D eigenvalue weighted by Crippen LogP contribution is 2.10. The van der Waals surface area contributed by atoms with Crippen LogP contribution in [-0.4, -0.2) is 74.2 Å². The Morgan fingerprint density at radius 1 is 0.593 bits per heavy atom. The maximum absolute atomic E-state index is 11.7. The van der Waals surface area contributed by atoms with E-state index >= 15 is 0 Å². The smallest absolute Gasteiger partial charge is 0.307 e. The lowest BCUT2D eigenvalue weighted by molar-refractivity contribution is -0.144. The SMILES string of the molecule is O=C(CCN1CCCCC1)OCCCCCOC(=O)CCN1CCCCC1. The molecule has 0 amide bonds. The monoisotopic (exact) mass is 382 g/mol. The summed E-state index contributed by atoms with van der Waals surface area (Å²) in [4.78, 5) is 28.2. The summed E-state index contributed by atoms with van der Waals surface area (Å²) >= 11 is 0. The Bertz CT molecular complexity index is 380. The van der Waals surface area contributed by atoms with Crippen molar-refractivity contribution in [2.45, 2.75) is 70.6 Å². The summed E-state index contributed by atoms with van der Waals surface area (Å²) < 4.78 is 10.6. The van der Waals surface area contributed by atoms with Crippen LogP contribution in [0.15, 0.2) is 0 Å². The summed E-state index contributed by atoms with van der Waals surface area (Å²) in [5.41, 5.74) is 0.